The maximum Gasteiger partial charge on any atom is 0.330 e. The molecule has 2 aromatic carbocycles. The molecule has 7 nitrogen and oxygen atoms in total. The van der Waals surface area contributed by atoms with Gasteiger partial charge in [0, 0.05) is 30.1 Å². The van der Waals surface area contributed by atoms with Crippen LogP contribution in [0.25, 0.3) is 22.2 Å². The minimum atomic E-state index is -0.422. The van der Waals surface area contributed by atoms with E-state index >= 15 is 0 Å². The highest BCUT2D eigenvalue weighted by Gasteiger charge is 2.15. The number of amides is 1. The van der Waals surface area contributed by atoms with Gasteiger partial charge in [0.25, 0.3) is 5.56 Å². The van der Waals surface area contributed by atoms with Gasteiger partial charge in [-0.25, -0.2) is 9.78 Å². The summed E-state index contributed by atoms with van der Waals surface area (Å²) in [6.07, 6.45) is -0.0178. The third-order valence-corrected chi connectivity index (χ3v) is 6.32. The van der Waals surface area contributed by atoms with Crippen molar-refractivity contribution in [3.8, 4) is 11.3 Å². The fourth-order valence-electron chi connectivity index (χ4n) is 3.40. The minimum absolute atomic E-state index is 0.0178. The van der Waals surface area contributed by atoms with E-state index in [2.05, 4.69) is 10.3 Å². The number of nitrogens with one attached hydrogen (secondary N) is 1. The smallest absolute Gasteiger partial charge is 0.302 e. The Morgan fingerprint density at radius 1 is 1.16 bits per heavy atom. The summed E-state index contributed by atoms with van der Waals surface area (Å²) in [5, 5.41) is 6.11. The number of rotatable bonds is 4. The van der Waals surface area contributed by atoms with E-state index in [9.17, 15) is 14.4 Å². The van der Waals surface area contributed by atoms with Gasteiger partial charge in [-0.3, -0.25) is 18.7 Å². The van der Waals surface area contributed by atoms with Crippen molar-refractivity contribution in [1.29, 1.82) is 0 Å². The lowest BCUT2D eigenvalue weighted by Crippen LogP contribution is -2.37. The number of fused-ring (bicyclic) bond motifs is 1. The molecular weight excluding hydrogens is 436 g/mol. The molecule has 0 aliphatic rings. The number of halogens is 1. The molecule has 31 heavy (non-hydrogen) atoms. The molecule has 0 aliphatic heterocycles. The molecule has 0 aliphatic carbocycles. The Bertz CT molecular complexity index is 1450. The van der Waals surface area contributed by atoms with Crippen LogP contribution in [0.2, 0.25) is 5.02 Å². The summed E-state index contributed by atoms with van der Waals surface area (Å²) in [5.74, 6) is -0.300. The molecule has 0 radical (unpaired) electrons. The lowest BCUT2D eigenvalue weighted by atomic mass is 10.1. The maximum atomic E-state index is 12.7. The Balaban J connectivity index is 1.60. The van der Waals surface area contributed by atoms with Crippen molar-refractivity contribution < 1.29 is 4.79 Å². The van der Waals surface area contributed by atoms with Crippen molar-refractivity contribution in [2.24, 2.45) is 14.1 Å². The monoisotopic (exact) mass is 454 g/mol. The van der Waals surface area contributed by atoms with E-state index in [1.54, 1.807) is 25.2 Å². The van der Waals surface area contributed by atoms with Crippen LogP contribution in [-0.2, 0) is 25.3 Å². The zero-order valence-electron chi connectivity index (χ0n) is 17.1. The number of aromatic nitrogens is 3. The van der Waals surface area contributed by atoms with Crippen molar-refractivity contribution in [2.75, 3.05) is 5.32 Å². The summed E-state index contributed by atoms with van der Waals surface area (Å²) in [4.78, 5) is 42.0. The molecule has 9 heteroatoms. The second-order valence-corrected chi connectivity index (χ2v) is 8.51. The molecule has 1 N–H and O–H groups in total. The number of hydrogen-bond acceptors (Lipinski definition) is 5. The van der Waals surface area contributed by atoms with Crippen LogP contribution in [-0.4, -0.2) is 20.0 Å². The fraction of sp³-hybridized carbons (Fsp3) is 0.182. The summed E-state index contributed by atoms with van der Waals surface area (Å²) in [5.41, 5.74) is 2.77. The van der Waals surface area contributed by atoms with Gasteiger partial charge in [-0.1, -0.05) is 35.9 Å². The minimum Gasteiger partial charge on any atom is -0.302 e. The van der Waals surface area contributed by atoms with E-state index in [1.165, 1.54) is 23.0 Å². The van der Waals surface area contributed by atoms with Gasteiger partial charge in [0.1, 0.15) is 0 Å². The van der Waals surface area contributed by atoms with Crippen LogP contribution in [0.1, 0.15) is 11.1 Å². The first-order chi connectivity index (χ1) is 14.8. The van der Waals surface area contributed by atoms with E-state index in [4.69, 9.17) is 11.6 Å². The van der Waals surface area contributed by atoms with Crippen LogP contribution < -0.4 is 16.6 Å². The second kappa shape index (κ2) is 8.13. The number of carbonyl (C=O) groups is 1. The number of hydrogen-bond donors (Lipinski definition) is 1. The highest BCUT2D eigenvalue weighted by Crippen LogP contribution is 2.28. The molecule has 0 saturated heterocycles. The second-order valence-electron chi connectivity index (χ2n) is 7.24. The Morgan fingerprint density at radius 3 is 2.68 bits per heavy atom. The lowest BCUT2D eigenvalue weighted by Gasteiger charge is -2.11. The van der Waals surface area contributed by atoms with Crippen LogP contribution in [0.3, 0.4) is 0 Å². The Morgan fingerprint density at radius 2 is 1.94 bits per heavy atom. The summed E-state index contributed by atoms with van der Waals surface area (Å²) in [7, 11) is 3.03. The molecule has 0 saturated carbocycles. The Kier molecular flexibility index (Phi) is 5.51. The topological polar surface area (TPSA) is 86.0 Å². The van der Waals surface area contributed by atoms with Crippen molar-refractivity contribution in [2.45, 2.75) is 13.3 Å². The predicted octanol–water partition coefficient (Wildman–Crippen LogP) is 3.50. The summed E-state index contributed by atoms with van der Waals surface area (Å²) >= 11 is 7.50. The predicted molar refractivity (Wildman–Crippen MR) is 124 cm³/mol. The van der Waals surface area contributed by atoms with Crippen LogP contribution in [0, 0.1) is 6.92 Å². The van der Waals surface area contributed by atoms with Gasteiger partial charge >= 0.3 is 5.69 Å². The third-order valence-electron chi connectivity index (χ3n) is 5.15. The molecule has 4 rings (SSSR count). The van der Waals surface area contributed by atoms with Gasteiger partial charge in [0.15, 0.2) is 5.13 Å². The first-order valence-corrected chi connectivity index (χ1v) is 10.7. The fourth-order valence-corrected chi connectivity index (χ4v) is 4.31. The number of anilines is 1. The number of aryl methyl sites for hydroxylation is 2. The maximum absolute atomic E-state index is 12.7. The van der Waals surface area contributed by atoms with Crippen LogP contribution >= 0.6 is 22.9 Å². The lowest BCUT2D eigenvalue weighted by molar-refractivity contribution is -0.115. The summed E-state index contributed by atoms with van der Waals surface area (Å²) < 4.78 is 2.45. The summed E-state index contributed by atoms with van der Waals surface area (Å²) in [6, 6.07) is 10.8. The van der Waals surface area contributed by atoms with E-state index < -0.39 is 11.2 Å². The number of nitrogens with zero attached hydrogens (tertiary/aromatic N) is 3. The van der Waals surface area contributed by atoms with Gasteiger partial charge in [-0.05, 0) is 30.2 Å². The molecule has 2 heterocycles. The number of thiazole rings is 1. The van der Waals surface area contributed by atoms with E-state index in [0.29, 0.717) is 26.6 Å². The van der Waals surface area contributed by atoms with Gasteiger partial charge < -0.3 is 5.32 Å². The zero-order chi connectivity index (χ0) is 22.3. The first kappa shape index (κ1) is 21.0. The SMILES string of the molecule is Cc1ccc(-c2csc(NC(=O)Cc3cccc4c3c(=O)n(C)c(=O)n4C)n2)cc1Cl. The molecule has 0 unspecified atom stereocenters. The normalized spacial score (nSPS) is 11.1. The third kappa shape index (κ3) is 3.92. The van der Waals surface area contributed by atoms with Gasteiger partial charge in [0.2, 0.25) is 5.91 Å². The highest BCUT2D eigenvalue weighted by molar-refractivity contribution is 7.14. The first-order valence-electron chi connectivity index (χ1n) is 9.46. The van der Waals surface area contributed by atoms with Crippen molar-refractivity contribution in [3.05, 3.63) is 78.8 Å². The molecule has 0 bridgehead atoms. The zero-order valence-corrected chi connectivity index (χ0v) is 18.7. The molecule has 4 aromatic rings. The van der Waals surface area contributed by atoms with Crippen LogP contribution in [0.4, 0.5) is 5.13 Å². The van der Waals surface area contributed by atoms with Gasteiger partial charge in [0.05, 0.1) is 23.0 Å². The van der Waals surface area contributed by atoms with Gasteiger partial charge in [-0.15, -0.1) is 11.3 Å². The van der Waals surface area contributed by atoms with Crippen molar-refractivity contribution in [3.63, 3.8) is 0 Å². The summed E-state index contributed by atoms with van der Waals surface area (Å²) in [6.45, 7) is 1.93. The molecular formula is C22H19ClN4O3S. The Labute approximate surface area is 186 Å². The molecule has 1 amide bonds. The number of carbonyl (C=O) groups excluding carboxylic acids is 1. The molecule has 158 valence electrons. The van der Waals surface area contributed by atoms with E-state index in [1.807, 2.05) is 30.5 Å². The quantitative estimate of drug-likeness (QED) is 0.511. The average Bonchev–Trinajstić information content (AvgIpc) is 3.20. The highest BCUT2D eigenvalue weighted by atomic mass is 35.5. The average molecular weight is 455 g/mol. The largest absolute Gasteiger partial charge is 0.330 e. The standard InChI is InChI=1S/C22H19ClN4O3S/c1-12-7-8-13(9-15(12)23)16-11-31-21(24-16)25-18(28)10-14-5-4-6-17-19(14)20(29)27(3)22(30)26(17)2/h4-9,11H,10H2,1-3H3,(H,24,25,28). The molecule has 2 aromatic heterocycles. The van der Waals surface area contributed by atoms with E-state index in [-0.39, 0.29) is 12.3 Å². The van der Waals surface area contributed by atoms with Gasteiger partial charge in [-0.2, -0.15) is 0 Å². The van der Waals surface area contributed by atoms with E-state index in [0.717, 1.165) is 21.4 Å². The van der Waals surface area contributed by atoms with Crippen molar-refractivity contribution >= 4 is 44.9 Å². The van der Waals surface area contributed by atoms with Crippen molar-refractivity contribution in [1.82, 2.24) is 14.1 Å². The molecule has 0 fully saturated rings. The molecule has 0 atom stereocenters. The van der Waals surface area contributed by atoms with Crippen LogP contribution in [0.5, 0.6) is 0 Å². The Hall–Kier alpha value is -3.23. The molecule has 0 spiro atoms. The number of benzene rings is 2. The van der Waals surface area contributed by atoms with Crippen LogP contribution in [0.15, 0.2) is 51.4 Å².